The maximum atomic E-state index is 12.3. The highest BCUT2D eigenvalue weighted by Crippen LogP contribution is 2.26. The lowest BCUT2D eigenvalue weighted by atomic mass is 10.0. The van der Waals surface area contributed by atoms with Crippen molar-refractivity contribution in [2.45, 2.75) is 19.3 Å². The molecule has 1 aliphatic rings. The van der Waals surface area contributed by atoms with Crippen LogP contribution in [0.3, 0.4) is 0 Å². The second kappa shape index (κ2) is 6.00. The van der Waals surface area contributed by atoms with Gasteiger partial charge in [0.25, 0.3) is 0 Å². The number of fused-ring (bicyclic) bond motifs is 1. The fourth-order valence-corrected chi connectivity index (χ4v) is 2.71. The quantitative estimate of drug-likeness (QED) is 0.788. The third kappa shape index (κ3) is 2.92. The van der Waals surface area contributed by atoms with Crippen molar-refractivity contribution in [1.82, 2.24) is 0 Å². The Morgan fingerprint density at radius 1 is 1.05 bits per heavy atom. The Morgan fingerprint density at radius 2 is 1.81 bits per heavy atom. The summed E-state index contributed by atoms with van der Waals surface area (Å²) in [6, 6.07) is 13.3. The number of aryl methyl sites for hydroxylation is 2. The van der Waals surface area contributed by atoms with E-state index in [1.807, 2.05) is 30.3 Å². The van der Waals surface area contributed by atoms with Gasteiger partial charge >= 0.3 is 0 Å². The first kappa shape index (κ1) is 13.7. The highest BCUT2D eigenvalue weighted by molar-refractivity contribution is 5.97. The van der Waals surface area contributed by atoms with E-state index < -0.39 is 0 Å². The summed E-state index contributed by atoms with van der Waals surface area (Å²) in [7, 11) is 1.59. The van der Waals surface area contributed by atoms with E-state index in [1.165, 1.54) is 17.5 Å². The number of carbonyl (C=O) groups excluding carboxylic acids is 1. The molecule has 0 saturated heterocycles. The zero-order valence-corrected chi connectivity index (χ0v) is 12.1. The van der Waals surface area contributed by atoms with Crippen LogP contribution in [-0.4, -0.2) is 19.5 Å². The standard InChI is InChI=1S/C18H18O3/c1-20-17-7-2-3-8-18(17)21-12-16(19)15-10-9-13-5-4-6-14(13)11-15/h2-3,7-11H,4-6,12H2,1H3. The molecule has 0 unspecified atom stereocenters. The molecule has 3 rings (SSSR count). The van der Waals surface area contributed by atoms with Gasteiger partial charge in [0, 0.05) is 5.56 Å². The van der Waals surface area contributed by atoms with Crippen LogP contribution in [-0.2, 0) is 12.8 Å². The van der Waals surface area contributed by atoms with Crippen LogP contribution >= 0.6 is 0 Å². The predicted octanol–water partition coefficient (Wildman–Crippen LogP) is 3.45. The number of ketones is 1. The zero-order chi connectivity index (χ0) is 14.7. The SMILES string of the molecule is COc1ccccc1OCC(=O)c1ccc2c(c1)CCC2. The van der Waals surface area contributed by atoms with Gasteiger partial charge in [-0.15, -0.1) is 0 Å². The molecule has 0 fully saturated rings. The molecule has 0 heterocycles. The molecule has 3 heteroatoms. The van der Waals surface area contributed by atoms with Crippen LogP contribution in [0.15, 0.2) is 42.5 Å². The Bertz CT molecular complexity index is 661. The summed E-state index contributed by atoms with van der Waals surface area (Å²) in [4.78, 5) is 12.3. The average Bonchev–Trinajstić information content (AvgIpc) is 3.00. The molecule has 0 saturated carbocycles. The van der Waals surface area contributed by atoms with Gasteiger partial charge in [-0.05, 0) is 48.6 Å². The summed E-state index contributed by atoms with van der Waals surface area (Å²) < 4.78 is 10.8. The van der Waals surface area contributed by atoms with Crippen molar-refractivity contribution in [2.75, 3.05) is 13.7 Å². The van der Waals surface area contributed by atoms with Gasteiger partial charge in [0.2, 0.25) is 0 Å². The molecule has 0 spiro atoms. The summed E-state index contributed by atoms with van der Waals surface area (Å²) in [5.74, 6) is 1.23. The van der Waals surface area contributed by atoms with E-state index in [0.29, 0.717) is 11.5 Å². The van der Waals surface area contributed by atoms with E-state index >= 15 is 0 Å². The molecule has 0 bridgehead atoms. The van der Waals surface area contributed by atoms with Gasteiger partial charge in [-0.3, -0.25) is 4.79 Å². The monoisotopic (exact) mass is 282 g/mol. The number of ether oxygens (including phenoxy) is 2. The molecule has 21 heavy (non-hydrogen) atoms. The minimum absolute atomic E-state index is 0.00407. The average molecular weight is 282 g/mol. The van der Waals surface area contributed by atoms with Gasteiger partial charge < -0.3 is 9.47 Å². The third-order valence-corrected chi connectivity index (χ3v) is 3.85. The first-order valence-electron chi connectivity index (χ1n) is 7.19. The predicted molar refractivity (Wildman–Crippen MR) is 81.3 cm³/mol. The Hall–Kier alpha value is -2.29. The molecular weight excluding hydrogens is 264 g/mol. The van der Waals surface area contributed by atoms with Crippen molar-refractivity contribution in [1.29, 1.82) is 0 Å². The normalized spacial score (nSPS) is 12.8. The van der Waals surface area contributed by atoms with Crippen molar-refractivity contribution in [3.05, 3.63) is 59.2 Å². The van der Waals surface area contributed by atoms with Crippen molar-refractivity contribution in [3.8, 4) is 11.5 Å². The molecular formula is C18H18O3. The molecule has 0 N–H and O–H groups in total. The van der Waals surface area contributed by atoms with Crippen LogP contribution in [0, 0.1) is 0 Å². The number of methoxy groups -OCH3 is 1. The molecule has 0 atom stereocenters. The highest BCUT2D eigenvalue weighted by Gasteiger charge is 2.14. The fraction of sp³-hybridized carbons (Fsp3) is 0.278. The van der Waals surface area contributed by atoms with Gasteiger partial charge in [0.05, 0.1) is 7.11 Å². The van der Waals surface area contributed by atoms with Crippen molar-refractivity contribution in [3.63, 3.8) is 0 Å². The topological polar surface area (TPSA) is 35.5 Å². The van der Waals surface area contributed by atoms with E-state index in [1.54, 1.807) is 13.2 Å². The fourth-order valence-electron chi connectivity index (χ4n) is 2.71. The van der Waals surface area contributed by atoms with E-state index in [0.717, 1.165) is 18.4 Å². The highest BCUT2D eigenvalue weighted by atomic mass is 16.5. The lowest BCUT2D eigenvalue weighted by molar-refractivity contribution is 0.0919. The summed E-state index contributed by atoms with van der Waals surface area (Å²) in [6.45, 7) is 0.0269. The molecule has 0 aromatic heterocycles. The van der Waals surface area contributed by atoms with E-state index in [2.05, 4.69) is 6.07 Å². The smallest absolute Gasteiger partial charge is 0.200 e. The number of para-hydroxylation sites is 2. The maximum Gasteiger partial charge on any atom is 0.200 e. The van der Waals surface area contributed by atoms with Crippen molar-refractivity contribution in [2.24, 2.45) is 0 Å². The number of carbonyl (C=O) groups is 1. The zero-order valence-electron chi connectivity index (χ0n) is 12.1. The number of Topliss-reactive ketones (excluding diaryl/α,β-unsaturated/α-hetero) is 1. The Kier molecular flexibility index (Phi) is 3.91. The van der Waals surface area contributed by atoms with Crippen LogP contribution in [0.5, 0.6) is 11.5 Å². The van der Waals surface area contributed by atoms with Crippen molar-refractivity contribution >= 4 is 5.78 Å². The van der Waals surface area contributed by atoms with Crippen LogP contribution in [0.1, 0.15) is 27.9 Å². The van der Waals surface area contributed by atoms with E-state index in [-0.39, 0.29) is 12.4 Å². The summed E-state index contributed by atoms with van der Waals surface area (Å²) >= 11 is 0. The largest absolute Gasteiger partial charge is 0.493 e. The summed E-state index contributed by atoms with van der Waals surface area (Å²) in [6.07, 6.45) is 3.38. The number of hydrogen-bond acceptors (Lipinski definition) is 3. The van der Waals surface area contributed by atoms with Gasteiger partial charge in [0.1, 0.15) is 0 Å². The molecule has 0 aliphatic heterocycles. The Balaban J connectivity index is 1.69. The minimum Gasteiger partial charge on any atom is -0.493 e. The molecule has 1 aliphatic carbocycles. The Labute approximate surface area is 124 Å². The molecule has 0 amide bonds. The van der Waals surface area contributed by atoms with Gasteiger partial charge in [-0.25, -0.2) is 0 Å². The van der Waals surface area contributed by atoms with E-state index in [9.17, 15) is 4.79 Å². The van der Waals surface area contributed by atoms with Gasteiger partial charge in [0.15, 0.2) is 23.9 Å². The number of hydrogen-bond donors (Lipinski definition) is 0. The van der Waals surface area contributed by atoms with Crippen molar-refractivity contribution < 1.29 is 14.3 Å². The molecule has 2 aromatic rings. The van der Waals surface area contributed by atoms with E-state index in [4.69, 9.17) is 9.47 Å². The van der Waals surface area contributed by atoms with Gasteiger partial charge in [-0.1, -0.05) is 24.3 Å². The molecule has 3 nitrogen and oxygen atoms in total. The second-order valence-corrected chi connectivity index (χ2v) is 5.20. The van der Waals surface area contributed by atoms with Crippen LogP contribution in [0.25, 0.3) is 0 Å². The van der Waals surface area contributed by atoms with Crippen LogP contribution < -0.4 is 9.47 Å². The Morgan fingerprint density at radius 3 is 2.62 bits per heavy atom. The maximum absolute atomic E-state index is 12.3. The molecule has 0 radical (unpaired) electrons. The van der Waals surface area contributed by atoms with Gasteiger partial charge in [-0.2, -0.15) is 0 Å². The second-order valence-electron chi connectivity index (χ2n) is 5.20. The first-order valence-corrected chi connectivity index (χ1v) is 7.19. The van der Waals surface area contributed by atoms with Crippen LogP contribution in [0.4, 0.5) is 0 Å². The lowest BCUT2D eigenvalue weighted by Crippen LogP contribution is -2.12. The molecule has 2 aromatic carbocycles. The number of benzene rings is 2. The van der Waals surface area contributed by atoms with Crippen LogP contribution in [0.2, 0.25) is 0 Å². The summed E-state index contributed by atoms with van der Waals surface area (Å²) in [5, 5.41) is 0. The first-order chi connectivity index (χ1) is 10.3. The third-order valence-electron chi connectivity index (χ3n) is 3.85. The summed E-state index contributed by atoms with van der Waals surface area (Å²) in [5.41, 5.74) is 3.40. The number of rotatable bonds is 5. The molecule has 108 valence electrons. The minimum atomic E-state index is -0.00407. The lowest BCUT2D eigenvalue weighted by Gasteiger charge is -2.10.